The van der Waals surface area contributed by atoms with Crippen LogP contribution in [0.2, 0.25) is 0 Å². The zero-order valence-corrected chi connectivity index (χ0v) is 23.8. The van der Waals surface area contributed by atoms with Crippen molar-refractivity contribution in [3.8, 4) is 5.75 Å². The zero-order chi connectivity index (χ0) is 25.9. The Morgan fingerprint density at radius 2 is 1.89 bits per heavy atom. The van der Waals surface area contributed by atoms with Gasteiger partial charge in [-0.3, -0.25) is 24.1 Å². The number of benzene rings is 2. The minimum absolute atomic E-state index is 0. The summed E-state index contributed by atoms with van der Waals surface area (Å²) in [4.78, 5) is 14.3. The average molecular weight is 551 g/mol. The van der Waals surface area contributed by atoms with Crippen molar-refractivity contribution >= 4 is 16.6 Å². The number of carbonyl (C=O) groups is 1. The van der Waals surface area contributed by atoms with Crippen LogP contribution >= 0.6 is 10.6 Å². The van der Waals surface area contributed by atoms with Crippen LogP contribution in [0.25, 0.3) is 0 Å². The topological polar surface area (TPSA) is 172 Å². The number of hydrogen-bond donors (Lipinski definition) is 6. The second-order valence-electron chi connectivity index (χ2n) is 10.2. The molecule has 0 saturated carbocycles. The maximum atomic E-state index is 11.8. The Kier molecular flexibility index (Phi) is 11.2. The number of unbranched alkanes of at least 4 members (excludes halogenated alkanes) is 1. The molecule has 0 radical (unpaired) electrons. The van der Waals surface area contributed by atoms with E-state index in [0.29, 0.717) is 30.2 Å². The van der Waals surface area contributed by atoms with E-state index in [4.69, 9.17) is 4.74 Å². The van der Waals surface area contributed by atoms with E-state index in [9.17, 15) is 19.0 Å². The predicted molar refractivity (Wildman–Crippen MR) is 154 cm³/mol. The molecule has 10 N–H and O–H groups in total. The number of nitrogens with zero attached hydrogens (tertiary/aromatic N) is 1. The quantitative estimate of drug-likeness (QED) is 0.212. The lowest BCUT2D eigenvalue weighted by Crippen LogP contribution is -2.49. The van der Waals surface area contributed by atoms with Gasteiger partial charge in [-0.25, -0.2) is 0 Å². The summed E-state index contributed by atoms with van der Waals surface area (Å²) in [6.07, 6.45) is 5.10. The lowest BCUT2D eigenvalue weighted by atomic mass is 9.88. The lowest BCUT2D eigenvalue weighted by molar-refractivity contribution is -0.142. The van der Waals surface area contributed by atoms with Crippen LogP contribution in [0.15, 0.2) is 47.4 Å². The molecule has 2 aliphatic heterocycles. The first-order chi connectivity index (χ1) is 17.2. The van der Waals surface area contributed by atoms with E-state index < -0.39 is 28.1 Å². The molecule has 0 spiro atoms. The number of likely N-dealkylation sites (tertiary alicyclic amines) is 1. The number of fused-ring (bicyclic) bond motifs is 1. The summed E-state index contributed by atoms with van der Waals surface area (Å²) in [6, 6.07) is 13.2. The number of ether oxygens (including phenoxy) is 1. The lowest BCUT2D eigenvalue weighted by Gasteiger charge is -2.42. The zero-order valence-electron chi connectivity index (χ0n) is 23.0. The Hall–Kier alpha value is -2.18. The second-order valence-corrected chi connectivity index (χ2v) is 12.3. The molecule has 2 aromatic rings. The molecule has 4 rings (SSSR count). The molecule has 214 valence electrons. The molecule has 2 aromatic carbocycles. The third-order valence-electron chi connectivity index (χ3n) is 7.84. The summed E-state index contributed by atoms with van der Waals surface area (Å²) in [7, 11) is -1.52. The maximum Gasteiger partial charge on any atom is 0.320 e. The predicted octanol–water partition coefficient (Wildman–Crippen LogP) is 6.21. The molecule has 0 aliphatic carbocycles. The molecule has 3 atom stereocenters. The van der Waals surface area contributed by atoms with Crippen LogP contribution in [0, 0.1) is 0 Å². The Labute approximate surface area is 228 Å². The Morgan fingerprint density at radius 1 is 1.18 bits per heavy atom. The molecular weight excluding hydrogens is 504 g/mol. The molecule has 9 nitrogen and oxygen atoms in total. The number of carboxylic acids is 1. The van der Waals surface area contributed by atoms with E-state index >= 15 is 0 Å². The van der Waals surface area contributed by atoms with Gasteiger partial charge in [-0.15, -0.1) is 0 Å². The molecule has 38 heavy (non-hydrogen) atoms. The minimum atomic E-state index is -3.13. The van der Waals surface area contributed by atoms with Gasteiger partial charge in [0.05, 0.1) is 23.8 Å². The van der Waals surface area contributed by atoms with Gasteiger partial charge < -0.3 is 22.1 Å². The molecule has 10 heteroatoms. The summed E-state index contributed by atoms with van der Waals surface area (Å²) < 4.78 is 29.2. The van der Waals surface area contributed by atoms with Crippen LogP contribution in [-0.4, -0.2) is 56.1 Å². The average Bonchev–Trinajstić information content (AvgIpc) is 3.31. The van der Waals surface area contributed by atoms with Crippen LogP contribution < -0.4 is 22.4 Å². The van der Waals surface area contributed by atoms with Gasteiger partial charge >= 0.3 is 5.97 Å². The van der Waals surface area contributed by atoms with Gasteiger partial charge in [-0.05, 0) is 49.9 Å². The third-order valence-corrected chi connectivity index (χ3v) is 9.86. The molecule has 1 fully saturated rings. The van der Waals surface area contributed by atoms with Gasteiger partial charge in [0.25, 0.3) is 0 Å². The maximum absolute atomic E-state index is 11.8. The number of methoxy groups -OCH3 is 1. The van der Waals surface area contributed by atoms with E-state index in [0.717, 1.165) is 48.8 Å². The molecule has 1 saturated heterocycles. The summed E-state index contributed by atoms with van der Waals surface area (Å²) in [5.74, 6) is 0.0721. The number of carboxylic acid groups (broad SMARTS) is 1. The van der Waals surface area contributed by atoms with E-state index in [1.54, 1.807) is 7.11 Å². The standard InChI is InChI=1S/C28H40N2O5S.2H3N/c1-4-6-14-28(5-2)19-36(33,34)25-16-21(18-30-15-10-13-23(30)27(31)32)24(35-3)17-22(25)26(29-28)20-11-8-7-9-12-20;;/h7-9,11-12,16-17,23,26,29,33-34H,4-6,10,13-15,18-19H2,1-3H3,(H,31,32);2*1H3/t23-,26-,28-;;/m1../s1. The number of hydrogen-bond acceptors (Lipinski definition) is 8. The molecule has 0 aromatic heterocycles. The molecule has 0 bridgehead atoms. The largest absolute Gasteiger partial charge is 0.496 e. The molecule has 2 heterocycles. The van der Waals surface area contributed by atoms with Crippen molar-refractivity contribution in [1.29, 1.82) is 0 Å². The summed E-state index contributed by atoms with van der Waals surface area (Å²) in [5.41, 5.74) is 2.23. The van der Waals surface area contributed by atoms with Crippen molar-refractivity contribution < 1.29 is 23.7 Å². The van der Waals surface area contributed by atoms with Gasteiger partial charge in [0, 0.05) is 23.2 Å². The van der Waals surface area contributed by atoms with E-state index in [1.807, 2.05) is 35.2 Å². The minimum Gasteiger partial charge on any atom is -0.496 e. The highest BCUT2D eigenvalue weighted by atomic mass is 32.3. The highest BCUT2D eigenvalue weighted by molar-refractivity contribution is 8.24. The number of nitrogens with one attached hydrogen (secondary N) is 1. The summed E-state index contributed by atoms with van der Waals surface area (Å²) >= 11 is 0. The fraction of sp³-hybridized carbons (Fsp3) is 0.536. The first-order valence-corrected chi connectivity index (χ1v) is 14.7. The van der Waals surface area contributed by atoms with Crippen molar-refractivity contribution in [2.45, 2.75) is 81.4 Å². The summed E-state index contributed by atoms with van der Waals surface area (Å²) in [6.45, 7) is 5.35. The van der Waals surface area contributed by atoms with Crippen LogP contribution in [-0.2, 0) is 11.3 Å². The van der Waals surface area contributed by atoms with Crippen molar-refractivity contribution in [2.24, 2.45) is 0 Å². The Morgan fingerprint density at radius 3 is 2.50 bits per heavy atom. The van der Waals surface area contributed by atoms with Crippen molar-refractivity contribution in [2.75, 3.05) is 19.4 Å². The van der Waals surface area contributed by atoms with Gasteiger partial charge in [0.15, 0.2) is 0 Å². The van der Waals surface area contributed by atoms with Crippen molar-refractivity contribution in [3.63, 3.8) is 0 Å². The number of aliphatic carboxylic acids is 1. The Bertz CT molecular complexity index is 1070. The van der Waals surface area contributed by atoms with Crippen molar-refractivity contribution in [1.82, 2.24) is 22.5 Å². The first kappa shape index (κ1) is 32.0. The highest BCUT2D eigenvalue weighted by Gasteiger charge is 2.42. The first-order valence-electron chi connectivity index (χ1n) is 13.0. The Balaban J connectivity index is 0.00000253. The van der Waals surface area contributed by atoms with Crippen LogP contribution in [0.4, 0.5) is 0 Å². The third kappa shape index (κ3) is 6.51. The fourth-order valence-corrected chi connectivity index (χ4v) is 8.03. The van der Waals surface area contributed by atoms with Gasteiger partial charge in [-0.2, -0.15) is 10.6 Å². The van der Waals surface area contributed by atoms with E-state index in [1.165, 1.54) is 0 Å². The second kappa shape index (κ2) is 13.3. The van der Waals surface area contributed by atoms with E-state index in [-0.39, 0.29) is 24.1 Å². The van der Waals surface area contributed by atoms with Gasteiger partial charge in [0.2, 0.25) is 0 Å². The van der Waals surface area contributed by atoms with Crippen LogP contribution in [0.5, 0.6) is 5.75 Å². The highest BCUT2D eigenvalue weighted by Crippen LogP contribution is 2.58. The molecule has 2 aliphatic rings. The smallest absolute Gasteiger partial charge is 0.320 e. The van der Waals surface area contributed by atoms with Gasteiger partial charge in [0.1, 0.15) is 11.8 Å². The summed E-state index contributed by atoms with van der Waals surface area (Å²) in [5, 5.41) is 13.5. The fourth-order valence-electron chi connectivity index (χ4n) is 5.79. The molecule has 0 amide bonds. The van der Waals surface area contributed by atoms with Crippen LogP contribution in [0.1, 0.15) is 75.1 Å². The SMILES string of the molecule is CCCC[C@]1(CC)CS(O)(O)c2cc(CN3CCC[C@@H]3C(=O)O)c(OC)cc2[C@@H](c2ccccc2)N1.N.N. The monoisotopic (exact) mass is 550 g/mol. The molecule has 0 unspecified atom stereocenters. The van der Waals surface area contributed by atoms with Crippen molar-refractivity contribution in [3.05, 3.63) is 59.2 Å². The van der Waals surface area contributed by atoms with Gasteiger partial charge in [-0.1, -0.05) is 57.0 Å². The molecular formula is C28H46N4O5S. The number of rotatable bonds is 9. The van der Waals surface area contributed by atoms with Crippen LogP contribution in [0.3, 0.4) is 0 Å². The normalized spacial score (nSPS) is 25.3. The van der Waals surface area contributed by atoms with E-state index in [2.05, 4.69) is 31.3 Å².